The number of anilines is 3. The molecule has 0 aliphatic heterocycles. The molecule has 1 saturated carbocycles. The quantitative estimate of drug-likeness (QED) is 0.597. The van der Waals surface area contributed by atoms with Crippen molar-refractivity contribution in [2.75, 3.05) is 10.6 Å². The smallest absolute Gasteiger partial charge is 0.350 e. The summed E-state index contributed by atoms with van der Waals surface area (Å²) in [6, 6.07) is 6.80. The number of hydrogen-bond acceptors (Lipinski definition) is 6. The molecule has 3 aromatic rings. The molecule has 6 nitrogen and oxygen atoms in total. The molecule has 29 heavy (non-hydrogen) atoms. The van der Waals surface area contributed by atoms with Crippen LogP contribution in [-0.2, 0) is 6.18 Å². The summed E-state index contributed by atoms with van der Waals surface area (Å²) in [6.45, 7) is 0. The minimum absolute atomic E-state index is 0.0142. The molecular weight excluding hydrogens is 381 g/mol. The normalized spacial score (nSPS) is 19.9. The van der Waals surface area contributed by atoms with E-state index in [2.05, 4.69) is 25.6 Å². The molecule has 0 unspecified atom stereocenters. The summed E-state index contributed by atoms with van der Waals surface area (Å²) in [5.41, 5.74) is 6.39. The second-order valence-electron chi connectivity index (χ2n) is 7.19. The van der Waals surface area contributed by atoms with Crippen LogP contribution in [0.3, 0.4) is 0 Å². The van der Waals surface area contributed by atoms with Gasteiger partial charge < -0.3 is 16.4 Å². The SMILES string of the molecule is N[C@@H]1CCCC[C@@H]1Nc1nc(Nc2cccc(C(F)(F)F)c2)c2cnccc2n1. The van der Waals surface area contributed by atoms with E-state index in [9.17, 15) is 13.2 Å². The number of benzene rings is 1. The summed E-state index contributed by atoms with van der Waals surface area (Å²) >= 11 is 0. The first kappa shape index (κ1) is 19.4. The molecule has 0 bridgehead atoms. The highest BCUT2D eigenvalue weighted by atomic mass is 19.4. The molecule has 0 amide bonds. The van der Waals surface area contributed by atoms with Crippen molar-refractivity contribution < 1.29 is 13.2 Å². The van der Waals surface area contributed by atoms with Crippen molar-refractivity contribution in [2.24, 2.45) is 5.73 Å². The number of aromatic nitrogens is 3. The van der Waals surface area contributed by atoms with Gasteiger partial charge in [0, 0.05) is 30.2 Å². The van der Waals surface area contributed by atoms with Crippen LogP contribution in [-0.4, -0.2) is 27.0 Å². The first-order valence-corrected chi connectivity index (χ1v) is 9.48. The van der Waals surface area contributed by atoms with E-state index in [1.807, 2.05) is 0 Å². The molecule has 2 atom stereocenters. The van der Waals surface area contributed by atoms with E-state index < -0.39 is 11.7 Å². The first-order chi connectivity index (χ1) is 13.9. The van der Waals surface area contributed by atoms with Gasteiger partial charge in [-0.25, -0.2) is 4.98 Å². The number of hydrogen-bond donors (Lipinski definition) is 3. The van der Waals surface area contributed by atoms with Crippen molar-refractivity contribution in [1.82, 2.24) is 15.0 Å². The predicted molar refractivity (Wildman–Crippen MR) is 106 cm³/mol. The molecule has 2 heterocycles. The maximum absolute atomic E-state index is 13.0. The van der Waals surface area contributed by atoms with Crippen LogP contribution in [0.1, 0.15) is 31.2 Å². The zero-order chi connectivity index (χ0) is 20.4. The Morgan fingerprint density at radius 1 is 1.07 bits per heavy atom. The third-order valence-electron chi connectivity index (χ3n) is 5.08. The Balaban J connectivity index is 1.68. The summed E-state index contributed by atoms with van der Waals surface area (Å²) in [5, 5.41) is 6.90. The van der Waals surface area contributed by atoms with E-state index in [1.54, 1.807) is 24.5 Å². The van der Waals surface area contributed by atoms with E-state index in [0.717, 1.165) is 37.8 Å². The average Bonchev–Trinajstić information content (AvgIpc) is 2.69. The van der Waals surface area contributed by atoms with Crippen LogP contribution in [0, 0.1) is 0 Å². The Hall–Kier alpha value is -2.94. The molecule has 2 aromatic heterocycles. The zero-order valence-corrected chi connectivity index (χ0v) is 15.6. The number of alkyl halides is 3. The topological polar surface area (TPSA) is 88.8 Å². The lowest BCUT2D eigenvalue weighted by atomic mass is 9.91. The Morgan fingerprint density at radius 3 is 2.69 bits per heavy atom. The lowest BCUT2D eigenvalue weighted by Crippen LogP contribution is -2.43. The minimum Gasteiger partial charge on any atom is -0.350 e. The van der Waals surface area contributed by atoms with Crippen LogP contribution in [0.4, 0.5) is 30.6 Å². The van der Waals surface area contributed by atoms with E-state index >= 15 is 0 Å². The van der Waals surface area contributed by atoms with E-state index in [1.165, 1.54) is 6.07 Å². The Kier molecular flexibility index (Phi) is 5.23. The van der Waals surface area contributed by atoms with Gasteiger partial charge in [-0.15, -0.1) is 0 Å². The van der Waals surface area contributed by atoms with Crippen LogP contribution >= 0.6 is 0 Å². The predicted octanol–water partition coefficient (Wildman–Crippen LogP) is 4.47. The molecule has 152 valence electrons. The number of pyridine rings is 1. The highest BCUT2D eigenvalue weighted by molar-refractivity contribution is 5.91. The Labute approximate surface area is 165 Å². The number of halogens is 3. The molecule has 0 radical (unpaired) electrons. The fraction of sp³-hybridized carbons (Fsp3) is 0.350. The van der Waals surface area contributed by atoms with Gasteiger partial charge in [-0.1, -0.05) is 18.9 Å². The molecule has 1 fully saturated rings. The standard InChI is InChI=1S/C20H21F3N6/c21-20(22,23)12-4-3-5-13(10-12)26-18-14-11-25-9-8-16(14)27-19(29-18)28-17-7-2-1-6-15(17)24/h3-5,8-11,15,17H,1-2,6-7,24H2,(H2,26,27,28,29)/t15-,17+/m1/s1. The maximum atomic E-state index is 13.0. The van der Waals surface area contributed by atoms with Crippen LogP contribution in [0.2, 0.25) is 0 Å². The van der Waals surface area contributed by atoms with Gasteiger partial charge in [-0.2, -0.15) is 18.2 Å². The molecule has 4 rings (SSSR count). The first-order valence-electron chi connectivity index (χ1n) is 9.48. The van der Waals surface area contributed by atoms with E-state index in [0.29, 0.717) is 22.7 Å². The van der Waals surface area contributed by atoms with Gasteiger partial charge in [0.1, 0.15) is 5.82 Å². The monoisotopic (exact) mass is 402 g/mol. The molecular formula is C20H21F3N6. The average molecular weight is 402 g/mol. The van der Waals surface area contributed by atoms with Crippen LogP contribution in [0.25, 0.3) is 10.9 Å². The van der Waals surface area contributed by atoms with Crippen molar-refractivity contribution in [2.45, 2.75) is 43.9 Å². The molecule has 9 heteroatoms. The lowest BCUT2D eigenvalue weighted by Gasteiger charge is -2.29. The molecule has 0 saturated heterocycles. The molecule has 0 spiro atoms. The molecule has 1 aromatic carbocycles. The number of nitrogens with one attached hydrogen (secondary N) is 2. The third kappa shape index (κ3) is 4.40. The summed E-state index contributed by atoms with van der Waals surface area (Å²) in [4.78, 5) is 13.1. The van der Waals surface area contributed by atoms with Gasteiger partial charge in [-0.05, 0) is 37.1 Å². The second-order valence-corrected chi connectivity index (χ2v) is 7.19. The lowest BCUT2D eigenvalue weighted by molar-refractivity contribution is -0.137. The molecule has 1 aliphatic rings. The third-order valence-corrected chi connectivity index (χ3v) is 5.08. The van der Waals surface area contributed by atoms with Crippen molar-refractivity contribution >= 4 is 28.4 Å². The van der Waals surface area contributed by atoms with Gasteiger partial charge >= 0.3 is 6.18 Å². The Morgan fingerprint density at radius 2 is 1.90 bits per heavy atom. The fourth-order valence-electron chi connectivity index (χ4n) is 3.55. The summed E-state index contributed by atoms with van der Waals surface area (Å²) in [7, 11) is 0. The van der Waals surface area contributed by atoms with Crippen molar-refractivity contribution in [3.8, 4) is 0 Å². The number of fused-ring (bicyclic) bond motifs is 1. The summed E-state index contributed by atoms with van der Waals surface area (Å²) in [6.07, 6.45) is 2.82. The highest BCUT2D eigenvalue weighted by Crippen LogP contribution is 2.32. The maximum Gasteiger partial charge on any atom is 0.416 e. The van der Waals surface area contributed by atoms with Gasteiger partial charge in [0.25, 0.3) is 0 Å². The largest absolute Gasteiger partial charge is 0.416 e. The minimum atomic E-state index is -4.42. The number of nitrogens with zero attached hydrogens (tertiary/aromatic N) is 3. The number of nitrogens with two attached hydrogens (primary N) is 1. The van der Waals surface area contributed by atoms with Gasteiger partial charge in [0.2, 0.25) is 5.95 Å². The summed E-state index contributed by atoms with van der Waals surface area (Å²) < 4.78 is 39.1. The van der Waals surface area contributed by atoms with Gasteiger partial charge in [-0.3, -0.25) is 4.98 Å². The Bertz CT molecular complexity index is 1010. The zero-order valence-electron chi connectivity index (χ0n) is 15.6. The molecule has 1 aliphatic carbocycles. The van der Waals surface area contributed by atoms with E-state index in [4.69, 9.17) is 5.73 Å². The van der Waals surface area contributed by atoms with Gasteiger partial charge in [0.15, 0.2) is 0 Å². The summed E-state index contributed by atoms with van der Waals surface area (Å²) in [5.74, 6) is 0.773. The van der Waals surface area contributed by atoms with E-state index in [-0.39, 0.29) is 17.8 Å². The highest BCUT2D eigenvalue weighted by Gasteiger charge is 2.30. The van der Waals surface area contributed by atoms with Crippen molar-refractivity contribution in [1.29, 1.82) is 0 Å². The van der Waals surface area contributed by atoms with Crippen LogP contribution < -0.4 is 16.4 Å². The van der Waals surface area contributed by atoms with Crippen LogP contribution in [0.15, 0.2) is 42.7 Å². The fourth-order valence-corrected chi connectivity index (χ4v) is 3.55. The van der Waals surface area contributed by atoms with Gasteiger partial charge in [0.05, 0.1) is 16.5 Å². The number of rotatable bonds is 4. The van der Waals surface area contributed by atoms with Crippen molar-refractivity contribution in [3.05, 3.63) is 48.3 Å². The van der Waals surface area contributed by atoms with Crippen molar-refractivity contribution in [3.63, 3.8) is 0 Å². The van der Waals surface area contributed by atoms with Crippen LogP contribution in [0.5, 0.6) is 0 Å². The molecule has 4 N–H and O–H groups in total. The second kappa shape index (κ2) is 7.82.